The summed E-state index contributed by atoms with van der Waals surface area (Å²) in [6, 6.07) is 10.4. The maximum absolute atomic E-state index is 6.51. The van der Waals surface area contributed by atoms with E-state index in [0.717, 1.165) is 19.2 Å². The van der Waals surface area contributed by atoms with E-state index >= 15 is 0 Å². The van der Waals surface area contributed by atoms with Gasteiger partial charge in [-0.05, 0) is 38.5 Å². The van der Waals surface area contributed by atoms with Gasteiger partial charge < -0.3 is 0 Å². The summed E-state index contributed by atoms with van der Waals surface area (Å²) < 4.78 is 0.932. The minimum Gasteiger partial charge on any atom is -0.130 e. The van der Waals surface area contributed by atoms with Gasteiger partial charge in [0.1, 0.15) is 0 Å². The third kappa shape index (κ3) is 3.55. The van der Waals surface area contributed by atoms with Crippen molar-refractivity contribution in [3.8, 4) is 0 Å². The number of alkyl halides is 1. The Hall–Kier alpha value is -0.0200. The van der Waals surface area contributed by atoms with Crippen molar-refractivity contribution in [2.24, 2.45) is 0 Å². The molecule has 0 saturated heterocycles. The molecule has 1 aromatic carbocycles. The van der Waals surface area contributed by atoms with Gasteiger partial charge in [0.25, 0.3) is 0 Å². The second-order valence-corrected chi connectivity index (χ2v) is 8.75. The van der Waals surface area contributed by atoms with Gasteiger partial charge in [0.2, 0.25) is 0 Å². The Labute approximate surface area is 136 Å². The molecule has 1 heterocycles. The molecule has 0 saturated carbocycles. The fraction of sp³-hybridized carbons (Fsp3) is 0.333. The zero-order valence-electron chi connectivity index (χ0n) is 11.0. The maximum atomic E-state index is 6.51. The first-order valence-electron chi connectivity index (χ1n) is 5.98. The van der Waals surface area contributed by atoms with Crippen molar-refractivity contribution in [3.05, 3.63) is 55.1 Å². The first-order chi connectivity index (χ1) is 8.79. The summed E-state index contributed by atoms with van der Waals surface area (Å²) in [6.07, 6.45) is 0. The largest absolute Gasteiger partial charge is 0.130 e. The molecule has 1 aromatic heterocycles. The first-order valence-corrected chi connectivity index (χ1v) is 8.40. The molecule has 4 heteroatoms. The standard InChI is InChI=1S/C15H15BrCl2S/c1-15(2,3)10-6-4-9(5-7-10)13(18)12-8-11(17)14(16)19-12/h4-8,13H,1-3H3. The summed E-state index contributed by atoms with van der Waals surface area (Å²) in [5, 5.41) is 0.569. The summed E-state index contributed by atoms with van der Waals surface area (Å²) in [7, 11) is 0. The molecule has 0 spiro atoms. The summed E-state index contributed by atoms with van der Waals surface area (Å²) in [5.74, 6) is 0. The molecule has 1 atom stereocenters. The molecule has 0 nitrogen and oxygen atoms in total. The Morgan fingerprint density at radius 2 is 1.74 bits per heavy atom. The quantitative estimate of drug-likeness (QED) is 0.505. The van der Waals surface area contributed by atoms with Gasteiger partial charge in [-0.3, -0.25) is 0 Å². The Balaban J connectivity index is 2.27. The number of thiophene rings is 1. The lowest BCUT2D eigenvalue weighted by atomic mass is 9.86. The molecular formula is C15H15BrCl2S. The first kappa shape index (κ1) is 15.4. The Bertz CT molecular complexity index is 547. The van der Waals surface area contributed by atoms with E-state index in [9.17, 15) is 0 Å². The van der Waals surface area contributed by atoms with Crippen LogP contribution < -0.4 is 0 Å². The van der Waals surface area contributed by atoms with Crippen molar-refractivity contribution in [2.45, 2.75) is 31.6 Å². The smallest absolute Gasteiger partial charge is 0.0928 e. The molecule has 0 aliphatic rings. The summed E-state index contributed by atoms with van der Waals surface area (Å²) in [5.41, 5.74) is 2.57. The van der Waals surface area contributed by atoms with Gasteiger partial charge in [0.05, 0.1) is 14.2 Å². The van der Waals surface area contributed by atoms with Crippen LogP contribution in [0.15, 0.2) is 34.1 Å². The van der Waals surface area contributed by atoms with Gasteiger partial charge in [-0.1, -0.05) is 56.6 Å². The SMILES string of the molecule is CC(C)(C)c1ccc(C(Cl)c2cc(Cl)c(Br)s2)cc1. The third-order valence-electron chi connectivity index (χ3n) is 2.98. The fourth-order valence-corrected chi connectivity index (χ4v) is 3.90. The lowest BCUT2D eigenvalue weighted by Crippen LogP contribution is -2.10. The Morgan fingerprint density at radius 1 is 1.16 bits per heavy atom. The van der Waals surface area contributed by atoms with Crippen molar-refractivity contribution in [2.75, 3.05) is 0 Å². The molecule has 0 aliphatic carbocycles. The van der Waals surface area contributed by atoms with Crippen molar-refractivity contribution in [3.63, 3.8) is 0 Å². The van der Waals surface area contributed by atoms with E-state index in [0.29, 0.717) is 0 Å². The molecule has 2 aromatic rings. The van der Waals surface area contributed by atoms with E-state index in [1.54, 1.807) is 11.3 Å². The highest BCUT2D eigenvalue weighted by molar-refractivity contribution is 9.11. The number of hydrogen-bond acceptors (Lipinski definition) is 1. The number of halogens is 3. The number of hydrogen-bond donors (Lipinski definition) is 0. The van der Waals surface area contributed by atoms with E-state index in [2.05, 4.69) is 61.0 Å². The van der Waals surface area contributed by atoms with Crippen LogP contribution in [0.25, 0.3) is 0 Å². The van der Waals surface area contributed by atoms with Gasteiger partial charge in [-0.15, -0.1) is 22.9 Å². The molecule has 0 amide bonds. The second-order valence-electron chi connectivity index (χ2n) is 5.50. The predicted molar refractivity (Wildman–Crippen MR) is 89.9 cm³/mol. The van der Waals surface area contributed by atoms with Gasteiger partial charge in [-0.2, -0.15) is 0 Å². The van der Waals surface area contributed by atoms with Crippen LogP contribution in [-0.2, 0) is 5.41 Å². The van der Waals surface area contributed by atoms with Gasteiger partial charge in [0.15, 0.2) is 0 Å². The maximum Gasteiger partial charge on any atom is 0.0928 e. The van der Waals surface area contributed by atoms with Crippen LogP contribution >= 0.6 is 50.5 Å². The van der Waals surface area contributed by atoms with Crippen LogP contribution in [0, 0.1) is 0 Å². The van der Waals surface area contributed by atoms with Crippen LogP contribution in [0.5, 0.6) is 0 Å². The predicted octanol–water partition coefficient (Wildman–Crippen LogP) is 6.79. The fourth-order valence-electron chi connectivity index (χ4n) is 1.80. The van der Waals surface area contributed by atoms with E-state index < -0.39 is 0 Å². The van der Waals surface area contributed by atoms with Gasteiger partial charge in [0, 0.05) is 4.88 Å². The van der Waals surface area contributed by atoms with Crippen LogP contribution in [0.3, 0.4) is 0 Å². The summed E-state index contributed by atoms with van der Waals surface area (Å²) in [6.45, 7) is 6.61. The van der Waals surface area contributed by atoms with Crippen molar-refractivity contribution in [1.29, 1.82) is 0 Å². The van der Waals surface area contributed by atoms with Gasteiger partial charge in [-0.25, -0.2) is 0 Å². The molecule has 2 rings (SSSR count). The third-order valence-corrected chi connectivity index (χ3v) is 6.14. The number of rotatable bonds is 2. The minimum atomic E-state index is -0.150. The minimum absolute atomic E-state index is 0.150. The lowest BCUT2D eigenvalue weighted by molar-refractivity contribution is 0.590. The molecule has 1 unspecified atom stereocenters. The zero-order chi connectivity index (χ0) is 14.2. The zero-order valence-corrected chi connectivity index (χ0v) is 14.9. The Morgan fingerprint density at radius 3 is 2.16 bits per heavy atom. The van der Waals surface area contributed by atoms with Crippen LogP contribution in [0.2, 0.25) is 5.02 Å². The molecule has 0 aliphatic heterocycles. The van der Waals surface area contributed by atoms with Crippen LogP contribution in [-0.4, -0.2) is 0 Å². The van der Waals surface area contributed by atoms with Crippen LogP contribution in [0.1, 0.15) is 42.2 Å². The highest BCUT2D eigenvalue weighted by Gasteiger charge is 2.17. The van der Waals surface area contributed by atoms with Crippen molar-refractivity contribution >= 4 is 50.5 Å². The average molecular weight is 378 g/mol. The second kappa shape index (κ2) is 5.77. The highest BCUT2D eigenvalue weighted by atomic mass is 79.9. The average Bonchev–Trinajstić information content (AvgIpc) is 2.68. The summed E-state index contributed by atoms with van der Waals surface area (Å²) in [4.78, 5) is 1.06. The Kier molecular flexibility index (Phi) is 4.67. The van der Waals surface area contributed by atoms with Crippen molar-refractivity contribution < 1.29 is 0 Å². The molecule has 0 fully saturated rings. The molecule has 0 radical (unpaired) electrons. The van der Waals surface area contributed by atoms with Crippen molar-refractivity contribution in [1.82, 2.24) is 0 Å². The molecule has 19 heavy (non-hydrogen) atoms. The van der Waals surface area contributed by atoms with Crippen LogP contribution in [0.4, 0.5) is 0 Å². The monoisotopic (exact) mass is 376 g/mol. The van der Waals surface area contributed by atoms with E-state index in [1.807, 2.05) is 6.07 Å². The topological polar surface area (TPSA) is 0 Å². The summed E-state index contributed by atoms with van der Waals surface area (Å²) >= 11 is 17.6. The molecular weight excluding hydrogens is 363 g/mol. The van der Waals surface area contributed by atoms with E-state index in [4.69, 9.17) is 23.2 Å². The highest BCUT2D eigenvalue weighted by Crippen LogP contribution is 2.40. The number of benzene rings is 1. The van der Waals surface area contributed by atoms with Gasteiger partial charge >= 0.3 is 0 Å². The molecule has 102 valence electrons. The molecule has 0 bridgehead atoms. The lowest BCUT2D eigenvalue weighted by Gasteiger charge is -2.19. The normalized spacial score (nSPS) is 13.6. The molecule has 0 N–H and O–H groups in total. The van der Waals surface area contributed by atoms with E-state index in [1.165, 1.54) is 5.56 Å². The van der Waals surface area contributed by atoms with E-state index in [-0.39, 0.29) is 10.8 Å².